The highest BCUT2D eigenvalue weighted by Gasteiger charge is 2.23. The molecule has 0 spiro atoms. The van der Waals surface area contributed by atoms with Crippen molar-refractivity contribution in [3.8, 4) is 0 Å². The van der Waals surface area contributed by atoms with Crippen LogP contribution in [0.2, 0.25) is 0 Å². The quantitative estimate of drug-likeness (QED) is 0.781. The molecule has 1 aliphatic rings. The number of hydrogen-bond acceptors (Lipinski definition) is 4. The van der Waals surface area contributed by atoms with Crippen molar-refractivity contribution in [2.45, 2.75) is 50.5 Å². The fourth-order valence-electron chi connectivity index (χ4n) is 2.68. The van der Waals surface area contributed by atoms with E-state index >= 15 is 0 Å². The molecule has 0 saturated heterocycles. The highest BCUT2D eigenvalue weighted by Crippen LogP contribution is 2.26. The maximum absolute atomic E-state index is 12.7. The summed E-state index contributed by atoms with van der Waals surface area (Å²) >= 11 is 0. The van der Waals surface area contributed by atoms with Gasteiger partial charge < -0.3 is 11.1 Å². The van der Waals surface area contributed by atoms with E-state index in [1.165, 1.54) is 4.31 Å². The van der Waals surface area contributed by atoms with E-state index in [4.69, 9.17) is 5.73 Å². The number of benzene rings is 1. The second-order valence-corrected chi connectivity index (χ2v) is 8.79. The Morgan fingerprint density at radius 1 is 1.28 bits per heavy atom. The summed E-state index contributed by atoms with van der Waals surface area (Å²) < 4.78 is 26.9. The molecular weight excluding hydrogens is 362 g/mol. The van der Waals surface area contributed by atoms with Gasteiger partial charge in [-0.2, -0.15) is 0 Å². The lowest BCUT2D eigenvalue weighted by molar-refractivity contribution is -0.116. The van der Waals surface area contributed by atoms with Crippen LogP contribution in [-0.2, 0) is 21.2 Å². The molecule has 142 valence electrons. The average molecular weight is 390 g/mol. The van der Waals surface area contributed by atoms with E-state index in [1.807, 2.05) is 13.8 Å². The molecule has 0 aliphatic carbocycles. The Hall–Kier alpha value is -1.15. The number of nitrogens with zero attached hydrogens (tertiary/aromatic N) is 1. The Morgan fingerprint density at radius 3 is 2.60 bits per heavy atom. The molecule has 8 heteroatoms. The van der Waals surface area contributed by atoms with Crippen LogP contribution in [-0.4, -0.2) is 38.3 Å². The smallest absolute Gasteiger partial charge is 0.242 e. The fourth-order valence-corrected chi connectivity index (χ4v) is 3.91. The first-order valence-electron chi connectivity index (χ1n) is 8.36. The Balaban J connectivity index is 0.00000312. The molecule has 1 unspecified atom stereocenters. The number of aryl methyl sites for hydroxylation is 1. The number of fused-ring (bicyclic) bond motifs is 1. The first-order chi connectivity index (χ1) is 11.2. The summed E-state index contributed by atoms with van der Waals surface area (Å²) in [5, 5.41) is 2.82. The van der Waals surface area contributed by atoms with E-state index in [-0.39, 0.29) is 29.3 Å². The summed E-state index contributed by atoms with van der Waals surface area (Å²) in [5.74, 6) is 0.293. The molecule has 1 aromatic rings. The maximum atomic E-state index is 12.7. The van der Waals surface area contributed by atoms with Crippen LogP contribution in [0, 0.1) is 5.92 Å². The zero-order valence-corrected chi connectivity index (χ0v) is 16.6. The van der Waals surface area contributed by atoms with Gasteiger partial charge in [0, 0.05) is 31.7 Å². The van der Waals surface area contributed by atoms with Crippen LogP contribution in [0.5, 0.6) is 0 Å². The Morgan fingerprint density at radius 2 is 1.96 bits per heavy atom. The van der Waals surface area contributed by atoms with Crippen molar-refractivity contribution in [1.29, 1.82) is 0 Å². The molecule has 1 aliphatic heterocycles. The van der Waals surface area contributed by atoms with Gasteiger partial charge in [0.15, 0.2) is 0 Å². The maximum Gasteiger partial charge on any atom is 0.242 e. The minimum Gasteiger partial charge on any atom is -0.327 e. The molecule has 0 bridgehead atoms. The Kier molecular flexibility index (Phi) is 7.87. The van der Waals surface area contributed by atoms with Gasteiger partial charge in [-0.25, -0.2) is 12.7 Å². The molecule has 0 aromatic heterocycles. The predicted octanol–water partition coefficient (Wildman–Crippen LogP) is 2.38. The van der Waals surface area contributed by atoms with Crippen molar-refractivity contribution in [2.24, 2.45) is 11.7 Å². The summed E-state index contributed by atoms with van der Waals surface area (Å²) in [6, 6.07) is 4.89. The third-order valence-corrected chi connectivity index (χ3v) is 6.40. The van der Waals surface area contributed by atoms with Crippen LogP contribution in [0.3, 0.4) is 0 Å². The zero-order chi connectivity index (χ0) is 17.9. The van der Waals surface area contributed by atoms with Gasteiger partial charge in [-0.05, 0) is 48.9 Å². The van der Waals surface area contributed by atoms with Gasteiger partial charge in [-0.3, -0.25) is 4.79 Å². The number of nitrogens with one attached hydrogen (secondary N) is 1. The van der Waals surface area contributed by atoms with Crippen molar-refractivity contribution < 1.29 is 13.2 Å². The normalized spacial score (nSPS) is 16.0. The van der Waals surface area contributed by atoms with Gasteiger partial charge in [0.25, 0.3) is 0 Å². The predicted molar refractivity (Wildman–Crippen MR) is 103 cm³/mol. The number of carbonyl (C=O) groups is 1. The van der Waals surface area contributed by atoms with Crippen LogP contribution < -0.4 is 11.1 Å². The third-order valence-electron chi connectivity index (χ3n) is 4.54. The molecular formula is C17H28ClN3O3S. The van der Waals surface area contributed by atoms with Crippen LogP contribution in [0.4, 0.5) is 5.69 Å². The number of amides is 1. The number of anilines is 1. The Labute approximate surface area is 156 Å². The van der Waals surface area contributed by atoms with Crippen molar-refractivity contribution in [3.05, 3.63) is 23.8 Å². The summed E-state index contributed by atoms with van der Waals surface area (Å²) in [4.78, 5) is 11.9. The fraction of sp³-hybridized carbons (Fsp3) is 0.588. The summed E-state index contributed by atoms with van der Waals surface area (Å²) in [6.07, 6.45) is 2.50. The molecule has 0 radical (unpaired) electrons. The van der Waals surface area contributed by atoms with Crippen molar-refractivity contribution in [2.75, 3.05) is 18.9 Å². The minimum atomic E-state index is -3.55. The average Bonchev–Trinajstić information content (AvgIpc) is 2.71. The van der Waals surface area contributed by atoms with Crippen LogP contribution >= 0.6 is 12.4 Å². The summed E-state index contributed by atoms with van der Waals surface area (Å²) in [5.41, 5.74) is 7.59. The number of halogens is 1. The van der Waals surface area contributed by atoms with E-state index in [0.717, 1.165) is 12.0 Å². The number of hydrogen-bond donors (Lipinski definition) is 2. The molecule has 0 saturated carbocycles. The molecule has 25 heavy (non-hydrogen) atoms. The number of rotatable bonds is 6. The molecule has 6 nitrogen and oxygen atoms in total. The second kappa shape index (κ2) is 8.98. The summed E-state index contributed by atoms with van der Waals surface area (Å²) in [6.45, 7) is 4.44. The molecule has 1 heterocycles. The third kappa shape index (κ3) is 5.41. The van der Waals surface area contributed by atoms with E-state index in [2.05, 4.69) is 5.32 Å². The van der Waals surface area contributed by atoms with E-state index < -0.39 is 10.0 Å². The molecule has 1 aromatic carbocycles. The number of sulfonamides is 1. The SMILES string of the molecule is CC(C)C(N)CCN(C)S(=O)(=O)c1ccc2c(c1)CCCC(=O)N2.Cl. The number of carbonyl (C=O) groups excluding carboxylic acids is 1. The van der Waals surface area contributed by atoms with Crippen LogP contribution in [0.25, 0.3) is 0 Å². The lowest BCUT2D eigenvalue weighted by Gasteiger charge is -2.21. The highest BCUT2D eigenvalue weighted by molar-refractivity contribution is 7.89. The molecule has 3 N–H and O–H groups in total. The van der Waals surface area contributed by atoms with E-state index in [1.54, 1.807) is 25.2 Å². The van der Waals surface area contributed by atoms with Gasteiger partial charge in [-0.1, -0.05) is 13.8 Å². The second-order valence-electron chi connectivity index (χ2n) is 6.74. The first kappa shape index (κ1) is 21.9. The first-order valence-corrected chi connectivity index (χ1v) is 9.80. The van der Waals surface area contributed by atoms with Crippen LogP contribution in [0.1, 0.15) is 38.7 Å². The van der Waals surface area contributed by atoms with Crippen molar-refractivity contribution >= 4 is 34.0 Å². The van der Waals surface area contributed by atoms with Gasteiger partial charge in [0.2, 0.25) is 15.9 Å². The van der Waals surface area contributed by atoms with Gasteiger partial charge in [0.05, 0.1) is 4.90 Å². The lowest BCUT2D eigenvalue weighted by atomic mass is 10.0. The van der Waals surface area contributed by atoms with Gasteiger partial charge in [0.1, 0.15) is 0 Å². The molecule has 1 amide bonds. The van der Waals surface area contributed by atoms with E-state index in [9.17, 15) is 13.2 Å². The standard InChI is InChI=1S/C17H27N3O3S.ClH/c1-12(2)15(18)9-10-20(3)24(22,23)14-7-8-16-13(11-14)5-4-6-17(21)19-16;/h7-8,11-12,15H,4-6,9-10,18H2,1-3H3,(H,19,21);1H. The Bertz CT molecular complexity index is 707. The van der Waals surface area contributed by atoms with Crippen LogP contribution in [0.15, 0.2) is 23.1 Å². The van der Waals surface area contributed by atoms with E-state index in [0.29, 0.717) is 37.4 Å². The van der Waals surface area contributed by atoms with Gasteiger partial charge in [-0.15, -0.1) is 12.4 Å². The van der Waals surface area contributed by atoms with Crippen molar-refractivity contribution in [1.82, 2.24) is 4.31 Å². The lowest BCUT2D eigenvalue weighted by Crippen LogP contribution is -2.34. The molecule has 1 atom stereocenters. The van der Waals surface area contributed by atoms with Crippen molar-refractivity contribution in [3.63, 3.8) is 0 Å². The summed E-state index contributed by atoms with van der Waals surface area (Å²) in [7, 11) is -1.97. The topological polar surface area (TPSA) is 92.5 Å². The zero-order valence-electron chi connectivity index (χ0n) is 15.0. The highest BCUT2D eigenvalue weighted by atomic mass is 35.5. The largest absolute Gasteiger partial charge is 0.327 e. The minimum absolute atomic E-state index is 0. The number of nitrogens with two attached hydrogens (primary N) is 1. The van der Waals surface area contributed by atoms with Gasteiger partial charge >= 0.3 is 0 Å². The molecule has 0 fully saturated rings. The molecule has 2 rings (SSSR count). The monoisotopic (exact) mass is 389 g/mol.